The molecule has 0 atom stereocenters. The highest BCUT2D eigenvalue weighted by atomic mass is 16.5. The lowest BCUT2D eigenvalue weighted by Crippen LogP contribution is -2.11. The molecule has 0 aromatic rings. The van der Waals surface area contributed by atoms with Crippen LogP contribution in [-0.2, 0) is 14.3 Å². The van der Waals surface area contributed by atoms with E-state index in [0.29, 0.717) is 18.8 Å². The van der Waals surface area contributed by atoms with Crippen molar-refractivity contribution in [1.82, 2.24) is 0 Å². The van der Waals surface area contributed by atoms with E-state index in [2.05, 4.69) is 18.4 Å². The molecule has 0 amide bonds. The third kappa shape index (κ3) is 5.94. The summed E-state index contributed by atoms with van der Waals surface area (Å²) in [7, 11) is 0. The van der Waals surface area contributed by atoms with Crippen LogP contribution < -0.4 is 0 Å². The molecule has 0 saturated heterocycles. The van der Waals surface area contributed by atoms with E-state index in [0.717, 1.165) is 0 Å². The summed E-state index contributed by atoms with van der Waals surface area (Å²) in [5.74, 6) is 4.97. The summed E-state index contributed by atoms with van der Waals surface area (Å²) in [6.07, 6.45) is 0. The second kappa shape index (κ2) is 7.38. The Hall–Kier alpha value is -1.27. The Labute approximate surface area is 78.7 Å². The highest BCUT2D eigenvalue weighted by Gasteiger charge is 2.06. The fraction of sp³-hybridized carbons (Fsp3) is 0.500. The average molecular weight is 182 g/mol. The first kappa shape index (κ1) is 11.7. The van der Waals surface area contributed by atoms with Gasteiger partial charge in [-0.3, -0.25) is 0 Å². The molecule has 3 heteroatoms. The molecule has 0 fully saturated rings. The summed E-state index contributed by atoms with van der Waals surface area (Å²) in [5, 5.41) is 0. The minimum absolute atomic E-state index is 0.174. The number of carbonyl (C=O) groups is 1. The number of carbonyl (C=O) groups excluding carboxylic acids is 1. The van der Waals surface area contributed by atoms with E-state index in [1.807, 2.05) is 0 Å². The molecule has 0 heterocycles. The third-order valence-electron chi connectivity index (χ3n) is 1.19. The predicted molar refractivity (Wildman–Crippen MR) is 50.0 cm³/mol. The maximum Gasteiger partial charge on any atom is 0.335 e. The smallest absolute Gasteiger partial charge is 0.335 e. The molecule has 13 heavy (non-hydrogen) atoms. The second-order valence-electron chi connectivity index (χ2n) is 2.24. The highest BCUT2D eigenvalue weighted by molar-refractivity contribution is 5.87. The van der Waals surface area contributed by atoms with Crippen molar-refractivity contribution in [3.63, 3.8) is 0 Å². The van der Waals surface area contributed by atoms with Crippen molar-refractivity contribution in [1.29, 1.82) is 0 Å². The normalized spacial score (nSPS) is 8.46. The Morgan fingerprint density at radius 2 is 2.23 bits per heavy atom. The lowest BCUT2D eigenvalue weighted by Gasteiger charge is -2.03. The van der Waals surface area contributed by atoms with E-state index in [-0.39, 0.29) is 6.61 Å². The molecule has 0 aromatic carbocycles. The fourth-order valence-corrected chi connectivity index (χ4v) is 0.590. The second-order valence-corrected chi connectivity index (χ2v) is 2.24. The summed E-state index contributed by atoms with van der Waals surface area (Å²) in [4.78, 5) is 11.0. The molecular weight excluding hydrogens is 168 g/mol. The molecule has 0 bridgehead atoms. The molecule has 0 unspecified atom stereocenters. The first-order valence-corrected chi connectivity index (χ1v) is 4.04. The molecule has 0 aromatic heterocycles. The number of rotatable bonds is 5. The van der Waals surface area contributed by atoms with Gasteiger partial charge in [-0.2, -0.15) is 0 Å². The van der Waals surface area contributed by atoms with Gasteiger partial charge in [0.05, 0.1) is 18.8 Å². The zero-order chi connectivity index (χ0) is 10.1. The van der Waals surface area contributed by atoms with Crippen LogP contribution in [0.2, 0.25) is 0 Å². The van der Waals surface area contributed by atoms with Crippen LogP contribution in [0.1, 0.15) is 13.8 Å². The lowest BCUT2D eigenvalue weighted by molar-refractivity contribution is -0.139. The summed E-state index contributed by atoms with van der Waals surface area (Å²) < 4.78 is 9.74. The van der Waals surface area contributed by atoms with Gasteiger partial charge >= 0.3 is 5.97 Å². The van der Waals surface area contributed by atoms with Crippen molar-refractivity contribution in [3.05, 3.63) is 12.2 Å². The van der Waals surface area contributed by atoms with Crippen molar-refractivity contribution < 1.29 is 14.3 Å². The molecule has 0 aliphatic carbocycles. The largest absolute Gasteiger partial charge is 0.463 e. The zero-order valence-corrected chi connectivity index (χ0v) is 8.05. The van der Waals surface area contributed by atoms with Crippen LogP contribution in [0.3, 0.4) is 0 Å². The minimum Gasteiger partial charge on any atom is -0.463 e. The number of esters is 1. The van der Waals surface area contributed by atoms with Gasteiger partial charge in [-0.15, -0.1) is 5.92 Å². The fourth-order valence-electron chi connectivity index (χ4n) is 0.590. The Kier molecular flexibility index (Phi) is 6.66. The number of hydrogen-bond acceptors (Lipinski definition) is 3. The Bertz CT molecular complexity index is 232. The SMILES string of the molecule is C=C(COCC#CC)C(=O)OCC. The molecule has 0 saturated carbocycles. The first-order valence-electron chi connectivity index (χ1n) is 4.04. The molecule has 0 radical (unpaired) electrons. The molecule has 3 nitrogen and oxygen atoms in total. The molecule has 0 N–H and O–H groups in total. The van der Waals surface area contributed by atoms with Gasteiger partial charge in [0.2, 0.25) is 0 Å². The van der Waals surface area contributed by atoms with E-state index in [9.17, 15) is 4.79 Å². The van der Waals surface area contributed by atoms with Gasteiger partial charge < -0.3 is 9.47 Å². The molecule has 0 rings (SSSR count). The standard InChI is InChI=1S/C10H14O3/c1-4-6-7-12-8-9(3)10(11)13-5-2/h3,5,7-8H2,1-2H3. The van der Waals surface area contributed by atoms with Crippen LogP contribution in [0, 0.1) is 11.8 Å². The van der Waals surface area contributed by atoms with Crippen LogP contribution >= 0.6 is 0 Å². The Morgan fingerprint density at radius 3 is 2.77 bits per heavy atom. The number of ether oxygens (including phenoxy) is 2. The van der Waals surface area contributed by atoms with E-state index in [1.165, 1.54) is 0 Å². The van der Waals surface area contributed by atoms with Gasteiger partial charge in [-0.25, -0.2) is 4.79 Å². The summed E-state index contributed by atoms with van der Waals surface area (Å²) >= 11 is 0. The molecule has 0 aliphatic heterocycles. The molecular formula is C10H14O3. The zero-order valence-electron chi connectivity index (χ0n) is 8.05. The van der Waals surface area contributed by atoms with Gasteiger partial charge in [0.15, 0.2) is 0 Å². The van der Waals surface area contributed by atoms with Crippen LogP contribution in [-0.4, -0.2) is 25.8 Å². The van der Waals surface area contributed by atoms with Crippen molar-refractivity contribution >= 4 is 5.97 Å². The van der Waals surface area contributed by atoms with Gasteiger partial charge in [-0.05, 0) is 13.8 Å². The molecule has 0 spiro atoms. The topological polar surface area (TPSA) is 35.5 Å². The van der Waals surface area contributed by atoms with E-state index in [4.69, 9.17) is 9.47 Å². The van der Waals surface area contributed by atoms with Crippen molar-refractivity contribution in [2.75, 3.05) is 19.8 Å². The summed E-state index contributed by atoms with van der Waals surface area (Å²) in [6, 6.07) is 0. The monoisotopic (exact) mass is 182 g/mol. The maximum atomic E-state index is 11.0. The minimum atomic E-state index is -0.410. The van der Waals surface area contributed by atoms with Crippen LogP contribution in [0.25, 0.3) is 0 Å². The van der Waals surface area contributed by atoms with Gasteiger partial charge in [0, 0.05) is 0 Å². The van der Waals surface area contributed by atoms with E-state index < -0.39 is 5.97 Å². The van der Waals surface area contributed by atoms with Crippen LogP contribution in [0.15, 0.2) is 12.2 Å². The van der Waals surface area contributed by atoms with Gasteiger partial charge in [-0.1, -0.05) is 12.5 Å². The van der Waals surface area contributed by atoms with Crippen LogP contribution in [0.4, 0.5) is 0 Å². The van der Waals surface area contributed by atoms with Crippen molar-refractivity contribution in [2.45, 2.75) is 13.8 Å². The van der Waals surface area contributed by atoms with E-state index in [1.54, 1.807) is 13.8 Å². The highest BCUT2D eigenvalue weighted by Crippen LogP contribution is 1.95. The van der Waals surface area contributed by atoms with E-state index >= 15 is 0 Å². The van der Waals surface area contributed by atoms with Gasteiger partial charge in [0.25, 0.3) is 0 Å². The molecule has 0 aliphatic rings. The Balaban J connectivity index is 3.60. The lowest BCUT2D eigenvalue weighted by atomic mass is 10.3. The summed E-state index contributed by atoms with van der Waals surface area (Å²) in [5.41, 5.74) is 0.319. The van der Waals surface area contributed by atoms with Crippen molar-refractivity contribution in [3.8, 4) is 11.8 Å². The summed E-state index contributed by atoms with van der Waals surface area (Å²) in [6.45, 7) is 7.84. The molecule has 72 valence electrons. The first-order chi connectivity index (χ1) is 6.22. The van der Waals surface area contributed by atoms with Crippen molar-refractivity contribution in [2.24, 2.45) is 0 Å². The predicted octanol–water partition coefficient (Wildman–Crippen LogP) is 1.15. The van der Waals surface area contributed by atoms with Crippen LogP contribution in [0.5, 0.6) is 0 Å². The number of hydrogen-bond donors (Lipinski definition) is 0. The Morgan fingerprint density at radius 1 is 1.54 bits per heavy atom. The maximum absolute atomic E-state index is 11.0. The quantitative estimate of drug-likeness (QED) is 0.277. The third-order valence-corrected chi connectivity index (χ3v) is 1.19. The average Bonchev–Trinajstić information content (AvgIpc) is 2.12. The van der Waals surface area contributed by atoms with Gasteiger partial charge in [0.1, 0.15) is 6.61 Å².